The Labute approximate surface area is 138 Å². The minimum atomic E-state index is -0.438. The molecular formula is C17H26BNO4. The fourth-order valence-corrected chi connectivity index (χ4v) is 2.47. The second-order valence-corrected chi connectivity index (χ2v) is 6.79. The standard InChI is InChI=1S/C17H26BNO4/c1-7-19-15(20)10-12-8-9-13(11-14(12)21-6)18-22-16(2,3)17(4,5)23-18/h8-9,11H,7,10H2,1-6H3,(H,19,20). The molecule has 0 atom stereocenters. The third kappa shape index (κ3) is 3.70. The van der Waals surface area contributed by atoms with Crippen molar-refractivity contribution in [3.8, 4) is 5.75 Å². The molecule has 1 saturated heterocycles. The van der Waals surface area contributed by atoms with Crippen LogP contribution < -0.4 is 15.5 Å². The number of rotatable bonds is 5. The zero-order chi connectivity index (χ0) is 17.3. The second kappa shape index (κ2) is 6.53. The van der Waals surface area contributed by atoms with Crippen LogP contribution in [0.5, 0.6) is 5.75 Å². The third-order valence-electron chi connectivity index (χ3n) is 4.56. The number of carbonyl (C=O) groups excluding carboxylic acids is 1. The molecule has 1 aliphatic rings. The van der Waals surface area contributed by atoms with E-state index in [1.54, 1.807) is 7.11 Å². The van der Waals surface area contributed by atoms with Gasteiger partial charge in [-0.2, -0.15) is 0 Å². The second-order valence-electron chi connectivity index (χ2n) is 6.79. The summed E-state index contributed by atoms with van der Waals surface area (Å²) in [4.78, 5) is 11.8. The van der Waals surface area contributed by atoms with Gasteiger partial charge in [0.1, 0.15) is 5.75 Å². The minimum absolute atomic E-state index is 0.0193. The van der Waals surface area contributed by atoms with Crippen LogP contribution in [-0.2, 0) is 20.5 Å². The van der Waals surface area contributed by atoms with Crippen LogP contribution in [0.15, 0.2) is 18.2 Å². The van der Waals surface area contributed by atoms with Gasteiger partial charge in [0.05, 0.1) is 24.7 Å². The van der Waals surface area contributed by atoms with Crippen LogP contribution in [0.1, 0.15) is 40.2 Å². The average Bonchev–Trinajstić information content (AvgIpc) is 2.68. The van der Waals surface area contributed by atoms with E-state index in [1.807, 2.05) is 52.8 Å². The van der Waals surface area contributed by atoms with Crippen LogP contribution in [0, 0.1) is 0 Å². The highest BCUT2D eigenvalue weighted by Crippen LogP contribution is 2.36. The van der Waals surface area contributed by atoms with Gasteiger partial charge in [-0.05, 0) is 46.1 Å². The number of nitrogens with one attached hydrogen (secondary N) is 1. The first-order chi connectivity index (χ1) is 10.7. The lowest BCUT2D eigenvalue weighted by Crippen LogP contribution is -2.41. The maximum atomic E-state index is 11.8. The Hall–Kier alpha value is -1.53. The van der Waals surface area contributed by atoms with Crippen molar-refractivity contribution in [2.45, 2.75) is 52.2 Å². The number of hydrogen-bond acceptors (Lipinski definition) is 4. The molecule has 0 aliphatic carbocycles. The number of ether oxygens (including phenoxy) is 1. The van der Waals surface area contributed by atoms with E-state index >= 15 is 0 Å². The molecule has 0 saturated carbocycles. The molecule has 1 heterocycles. The molecule has 1 fully saturated rings. The lowest BCUT2D eigenvalue weighted by Gasteiger charge is -2.32. The van der Waals surface area contributed by atoms with Gasteiger partial charge >= 0.3 is 7.12 Å². The van der Waals surface area contributed by atoms with Crippen molar-refractivity contribution in [1.29, 1.82) is 0 Å². The van der Waals surface area contributed by atoms with E-state index in [4.69, 9.17) is 14.0 Å². The van der Waals surface area contributed by atoms with Crippen LogP contribution in [0.2, 0.25) is 0 Å². The largest absolute Gasteiger partial charge is 0.496 e. The number of methoxy groups -OCH3 is 1. The summed E-state index contributed by atoms with van der Waals surface area (Å²) in [5, 5.41) is 2.79. The molecule has 1 aromatic carbocycles. The lowest BCUT2D eigenvalue weighted by atomic mass is 9.78. The topological polar surface area (TPSA) is 56.8 Å². The molecule has 1 aliphatic heterocycles. The monoisotopic (exact) mass is 319 g/mol. The molecule has 0 radical (unpaired) electrons. The van der Waals surface area contributed by atoms with Crippen LogP contribution in [0.3, 0.4) is 0 Å². The molecule has 1 aromatic rings. The Kier molecular flexibility index (Phi) is 5.06. The Morgan fingerprint density at radius 2 is 1.83 bits per heavy atom. The first-order valence-electron chi connectivity index (χ1n) is 7.99. The van der Waals surface area contributed by atoms with Crippen molar-refractivity contribution >= 4 is 18.5 Å². The molecule has 23 heavy (non-hydrogen) atoms. The fraction of sp³-hybridized carbons (Fsp3) is 0.588. The predicted octanol–water partition coefficient (Wildman–Crippen LogP) is 1.67. The van der Waals surface area contributed by atoms with Crippen LogP contribution in [-0.4, -0.2) is 37.9 Å². The van der Waals surface area contributed by atoms with E-state index in [1.165, 1.54) is 0 Å². The van der Waals surface area contributed by atoms with Crippen LogP contribution in [0.4, 0.5) is 0 Å². The first-order valence-corrected chi connectivity index (χ1v) is 7.99. The van der Waals surface area contributed by atoms with E-state index in [-0.39, 0.29) is 17.1 Å². The number of likely N-dealkylation sites (N-methyl/N-ethyl adjacent to an activating group) is 1. The third-order valence-corrected chi connectivity index (χ3v) is 4.56. The summed E-state index contributed by atoms with van der Waals surface area (Å²) in [6.45, 7) is 10.6. The zero-order valence-electron chi connectivity index (χ0n) is 14.9. The maximum absolute atomic E-state index is 11.8. The van der Waals surface area contributed by atoms with Crippen molar-refractivity contribution in [3.05, 3.63) is 23.8 Å². The molecule has 1 N–H and O–H groups in total. The molecular weight excluding hydrogens is 293 g/mol. The first kappa shape index (κ1) is 17.8. The zero-order valence-corrected chi connectivity index (χ0v) is 14.9. The predicted molar refractivity (Wildman–Crippen MR) is 91.1 cm³/mol. The summed E-state index contributed by atoms with van der Waals surface area (Å²) in [6, 6.07) is 5.71. The summed E-state index contributed by atoms with van der Waals surface area (Å²) in [6.07, 6.45) is 0.292. The maximum Gasteiger partial charge on any atom is 0.494 e. The molecule has 6 heteroatoms. The van der Waals surface area contributed by atoms with E-state index in [2.05, 4.69) is 5.32 Å². The van der Waals surface area contributed by atoms with Crippen LogP contribution in [0.25, 0.3) is 0 Å². The van der Waals surface area contributed by atoms with Gasteiger partial charge in [-0.3, -0.25) is 4.79 Å². The van der Waals surface area contributed by atoms with Gasteiger partial charge in [0.15, 0.2) is 0 Å². The van der Waals surface area contributed by atoms with Crippen molar-refractivity contribution in [1.82, 2.24) is 5.32 Å². The van der Waals surface area contributed by atoms with Gasteiger partial charge in [0.25, 0.3) is 0 Å². The highest BCUT2D eigenvalue weighted by atomic mass is 16.7. The van der Waals surface area contributed by atoms with Gasteiger partial charge in [-0.15, -0.1) is 0 Å². The van der Waals surface area contributed by atoms with Gasteiger partial charge < -0.3 is 19.4 Å². The normalized spacial score (nSPS) is 18.8. The van der Waals surface area contributed by atoms with Crippen molar-refractivity contribution in [2.24, 2.45) is 0 Å². The van der Waals surface area contributed by atoms with Crippen molar-refractivity contribution < 1.29 is 18.8 Å². The summed E-state index contributed by atoms with van der Waals surface area (Å²) in [7, 11) is 1.16. The van der Waals surface area contributed by atoms with Crippen molar-refractivity contribution in [3.63, 3.8) is 0 Å². The summed E-state index contributed by atoms with van der Waals surface area (Å²) in [5.74, 6) is 0.651. The van der Waals surface area contributed by atoms with Gasteiger partial charge in [0.2, 0.25) is 5.91 Å². The Morgan fingerprint density at radius 1 is 1.22 bits per heavy atom. The highest BCUT2D eigenvalue weighted by Gasteiger charge is 2.51. The van der Waals surface area contributed by atoms with Gasteiger partial charge in [-0.25, -0.2) is 0 Å². The van der Waals surface area contributed by atoms with Crippen molar-refractivity contribution in [2.75, 3.05) is 13.7 Å². The van der Waals surface area contributed by atoms with Gasteiger partial charge in [-0.1, -0.05) is 12.1 Å². The Morgan fingerprint density at radius 3 is 2.35 bits per heavy atom. The fourth-order valence-electron chi connectivity index (χ4n) is 2.47. The van der Waals surface area contributed by atoms with Crippen LogP contribution >= 0.6 is 0 Å². The quantitative estimate of drug-likeness (QED) is 0.839. The molecule has 0 spiro atoms. The SMILES string of the molecule is CCNC(=O)Cc1ccc(B2OC(C)(C)C(C)(C)O2)cc1OC. The number of benzene rings is 1. The number of amides is 1. The van der Waals surface area contributed by atoms with E-state index < -0.39 is 7.12 Å². The highest BCUT2D eigenvalue weighted by molar-refractivity contribution is 6.62. The molecule has 5 nitrogen and oxygen atoms in total. The lowest BCUT2D eigenvalue weighted by molar-refractivity contribution is -0.120. The summed E-state index contributed by atoms with van der Waals surface area (Å²) < 4.78 is 17.5. The molecule has 2 rings (SSSR count). The van der Waals surface area contributed by atoms with Gasteiger partial charge in [0, 0.05) is 12.1 Å². The molecule has 0 bridgehead atoms. The number of carbonyl (C=O) groups is 1. The molecule has 0 unspecified atom stereocenters. The summed E-state index contributed by atoms with van der Waals surface area (Å²) >= 11 is 0. The Balaban J connectivity index is 2.21. The number of hydrogen-bond donors (Lipinski definition) is 1. The minimum Gasteiger partial charge on any atom is -0.496 e. The average molecular weight is 319 g/mol. The molecule has 1 amide bonds. The smallest absolute Gasteiger partial charge is 0.494 e. The van der Waals surface area contributed by atoms with E-state index in [0.717, 1.165) is 11.0 Å². The molecule has 126 valence electrons. The van der Waals surface area contributed by atoms with E-state index in [0.29, 0.717) is 18.7 Å². The summed E-state index contributed by atoms with van der Waals surface area (Å²) in [5.41, 5.74) is 0.966. The molecule has 0 aromatic heterocycles. The van der Waals surface area contributed by atoms with E-state index in [9.17, 15) is 4.79 Å². The Bertz CT molecular complexity index is 570.